The van der Waals surface area contributed by atoms with Crippen molar-refractivity contribution in [2.75, 3.05) is 6.26 Å². The predicted octanol–water partition coefficient (Wildman–Crippen LogP) is 7.73. The molecule has 0 bridgehead atoms. The molecule has 10 N–H and O–H groups in total. The van der Waals surface area contributed by atoms with Crippen molar-refractivity contribution in [3.63, 3.8) is 0 Å². The van der Waals surface area contributed by atoms with Crippen molar-refractivity contribution in [1.29, 1.82) is 0 Å². The van der Waals surface area contributed by atoms with Crippen molar-refractivity contribution >= 4 is 56.4 Å². The molecule has 32 heteroatoms. The number of hydrogen-bond acceptors (Lipinski definition) is 20. The number of aliphatic hydroxyl groups is 2. The number of carbonyl (C=O) groups excluding carboxylic acids is 6. The van der Waals surface area contributed by atoms with Crippen LogP contribution in [0.5, 0.6) is 0 Å². The average molecular weight is 1270 g/mol. The van der Waals surface area contributed by atoms with E-state index in [9.17, 15) is 37.2 Å². The van der Waals surface area contributed by atoms with Gasteiger partial charge in [0.05, 0.1) is 18.5 Å². The smallest absolute Gasteiger partial charge is 0.444 e. The van der Waals surface area contributed by atoms with E-state index in [2.05, 4.69) is 53.6 Å². The first kappa shape index (κ1) is 89.3. The van der Waals surface area contributed by atoms with Crippen LogP contribution in [0.4, 0.5) is 28.8 Å². The second kappa shape index (κ2) is 40.9. The molecular weight excluding hydrogens is 1170 g/mol. The fraction of sp³-hybridized carbons (Fsp3) is 0.887. The zero-order valence-corrected chi connectivity index (χ0v) is 57.1. The zero-order valence-electron chi connectivity index (χ0n) is 53.5. The average Bonchev–Trinajstić information content (AvgIpc) is 3.14. The third-order valence-corrected chi connectivity index (χ3v) is 9.97. The Labute approximate surface area is 531 Å². The minimum Gasteiger partial charge on any atom is -0.444 e. The van der Waals surface area contributed by atoms with Gasteiger partial charge in [-0.25, -0.2) is 37.2 Å². The van der Waals surface area contributed by atoms with Crippen LogP contribution in [0.2, 0.25) is 0 Å². The molecule has 0 spiro atoms. The van der Waals surface area contributed by atoms with E-state index in [0.29, 0.717) is 37.8 Å². The number of carbonyl (C=O) groups is 6. The molecule has 0 atom stereocenters. The molecule has 0 heterocycles. The number of nitrogens with two attached hydrogens (primary N) is 2. The van der Waals surface area contributed by atoms with E-state index < -0.39 is 61.6 Å². The van der Waals surface area contributed by atoms with E-state index in [1.807, 2.05) is 83.1 Å². The Kier molecular flexibility index (Phi) is 42.9. The van der Waals surface area contributed by atoms with Crippen molar-refractivity contribution in [2.45, 2.75) is 291 Å². The summed E-state index contributed by atoms with van der Waals surface area (Å²) in [5, 5.41) is 32.1. The molecule has 5 fully saturated rings. The van der Waals surface area contributed by atoms with Gasteiger partial charge in [0.2, 0.25) is 9.05 Å². The summed E-state index contributed by atoms with van der Waals surface area (Å²) in [7, 11) is 1.31. The van der Waals surface area contributed by atoms with Crippen LogP contribution in [0.15, 0.2) is 5.11 Å². The summed E-state index contributed by atoms with van der Waals surface area (Å²) >= 11 is 0. The maximum absolute atomic E-state index is 11.3. The van der Waals surface area contributed by atoms with Crippen LogP contribution in [-0.4, -0.2) is 150 Å². The minimum atomic E-state index is -3.19. The van der Waals surface area contributed by atoms with Gasteiger partial charge in [0.25, 0.3) is 0 Å². The number of nitrogens with zero attached hydrogens (tertiary/aromatic N) is 6. The van der Waals surface area contributed by atoms with Gasteiger partial charge in [-0.1, -0.05) is 19.5 Å². The van der Waals surface area contributed by atoms with Gasteiger partial charge in [-0.2, -0.15) is 0 Å². The molecular formula is C53H104ClN12NaO17S. The van der Waals surface area contributed by atoms with Gasteiger partial charge in [0, 0.05) is 57.9 Å². The molecule has 0 saturated heterocycles. The molecule has 0 aliphatic heterocycles. The fourth-order valence-corrected chi connectivity index (χ4v) is 6.52. The van der Waals surface area contributed by atoms with E-state index in [1.165, 1.54) is 4.91 Å². The molecule has 492 valence electrons. The fourth-order valence-electron chi connectivity index (χ4n) is 6.52. The van der Waals surface area contributed by atoms with E-state index in [1.54, 1.807) is 41.5 Å². The molecule has 0 radical (unpaired) electrons. The quantitative estimate of drug-likeness (QED) is 0.0191. The van der Waals surface area contributed by atoms with E-state index in [-0.39, 0.29) is 97.2 Å². The zero-order chi connectivity index (χ0) is 65.7. The summed E-state index contributed by atoms with van der Waals surface area (Å²) in [5.74, 6) is 0.750. The molecule has 5 saturated carbocycles. The van der Waals surface area contributed by atoms with Crippen LogP contribution in [-0.2, 0) is 42.2 Å². The standard InChI is InChI=1S/C10H19NO2.C10H18O5.C9H16N4O2.C9H18N2O2.C9H17NO3.C4H9NO.CH3ClO2S.CH4.N3.Na/c1-7-5-8(6-7)11-9(12)13-10(2,3)4;1-9(2,3)14-7(11)13-8(12)15-10(4,5)6;1-9(2,3)15-8(14)11-6-4-7(5-6)12-13-10;1-9(2,3)13-8(12)11-7-4-6(10)5-7;1-9(2,3)13-8(12)10-6-4-7(11)5-6;5-3-1-4(6)2-3;1-5(2,3)4;;1-3-2;/h7-8H,5-6H2,1-4H3,(H,11,12);1-6H3;6-7H,4-5H2,1-3H3,(H,11,14);6-7H,4-5,10H2,1-3H3,(H,11,12);6-7,11H,4-5H2,1-3H3,(H,10,12);3-4,6H,1-2,5H2;1H3;1H4;;/q;;;;;;;;-1;+1. The van der Waals surface area contributed by atoms with Crippen LogP contribution < -0.4 is 62.3 Å². The monoisotopic (exact) mass is 1270 g/mol. The topological polar surface area (TPSA) is 449 Å². The molecule has 5 rings (SSSR count). The molecule has 0 aromatic rings. The second-order valence-corrected chi connectivity index (χ2v) is 29.4. The minimum absolute atomic E-state index is 0. The summed E-state index contributed by atoms with van der Waals surface area (Å²) in [6.45, 7) is 34.3. The van der Waals surface area contributed by atoms with Crippen LogP contribution in [0.1, 0.15) is 203 Å². The van der Waals surface area contributed by atoms with Crippen LogP contribution in [0.3, 0.4) is 0 Å². The first-order valence-corrected chi connectivity index (χ1v) is 29.8. The van der Waals surface area contributed by atoms with Crippen molar-refractivity contribution in [3.8, 4) is 0 Å². The number of amides is 4. The van der Waals surface area contributed by atoms with Gasteiger partial charge in [-0.05, 0) is 200 Å². The second-order valence-electron chi connectivity index (χ2n) is 26.3. The normalized spacial score (nSPS) is 23.1. The van der Waals surface area contributed by atoms with Crippen LogP contribution >= 0.6 is 10.7 Å². The molecule has 0 aromatic carbocycles. The number of hydrogen-bond donors (Lipinski definition) is 8. The third-order valence-electron chi connectivity index (χ3n) is 9.97. The maximum Gasteiger partial charge on any atom is 1.00 e. The Bertz CT molecular complexity index is 2030. The number of azide groups is 1. The van der Waals surface area contributed by atoms with Crippen molar-refractivity contribution in [3.05, 3.63) is 26.4 Å². The van der Waals surface area contributed by atoms with E-state index in [4.69, 9.17) is 66.7 Å². The summed E-state index contributed by atoms with van der Waals surface area (Å²) in [6, 6.07) is 1.28. The summed E-state index contributed by atoms with van der Waals surface area (Å²) in [4.78, 5) is 71.1. The first-order chi connectivity index (χ1) is 37.2. The number of halogens is 1. The SMILES string of the molecule is C.CC(C)(C)OC(=O)NC1CC(N)C1.CC(C)(C)OC(=O)NC1CC(N=[N+]=[N-])C1.CC(C)(C)OC(=O)NC1CC(O)C1.CC(C)(C)OC(=O)OC(=O)OC(C)(C)C.CC1CC(NC(=O)OC(C)(C)C)C1.CS(=O)(=O)Cl.NC1CC(O)C1.[N-]=[N+]=[N-].[Na+]. The van der Waals surface area contributed by atoms with Gasteiger partial charge >= 0.3 is 66.2 Å². The third kappa shape index (κ3) is 61.0. The Balaban J connectivity index is -0.000000295. The molecule has 85 heavy (non-hydrogen) atoms. The van der Waals surface area contributed by atoms with E-state index in [0.717, 1.165) is 50.7 Å². The van der Waals surface area contributed by atoms with Crippen molar-refractivity contribution in [1.82, 2.24) is 21.3 Å². The molecule has 0 unspecified atom stereocenters. The maximum atomic E-state index is 11.3. The summed E-state index contributed by atoms with van der Waals surface area (Å²) in [6.07, 6.45) is 5.20. The number of nitrogens with one attached hydrogen (secondary N) is 4. The number of aliphatic hydroxyl groups excluding tert-OH is 2. The number of alkyl carbamates (subject to hydrolysis) is 4. The van der Waals surface area contributed by atoms with E-state index >= 15 is 0 Å². The summed E-state index contributed by atoms with van der Waals surface area (Å²) < 4.78 is 52.9. The van der Waals surface area contributed by atoms with Gasteiger partial charge < -0.3 is 87.2 Å². The Morgan fingerprint density at radius 2 is 0.718 bits per heavy atom. The Hall–Kier alpha value is -4.48. The Morgan fingerprint density at radius 1 is 0.494 bits per heavy atom. The van der Waals surface area contributed by atoms with Crippen LogP contribution in [0, 0.1) is 5.92 Å². The first-order valence-electron chi connectivity index (χ1n) is 27.1. The van der Waals surface area contributed by atoms with Gasteiger partial charge in [0.15, 0.2) is 0 Å². The Morgan fingerprint density at radius 3 is 0.906 bits per heavy atom. The summed E-state index contributed by atoms with van der Waals surface area (Å²) in [5.41, 5.74) is 29.4. The van der Waals surface area contributed by atoms with Gasteiger partial charge in [-0.15, -0.1) is 0 Å². The van der Waals surface area contributed by atoms with Crippen molar-refractivity contribution in [2.24, 2.45) is 22.5 Å². The molecule has 4 amide bonds. The van der Waals surface area contributed by atoms with Gasteiger partial charge in [-0.3, -0.25) is 4.91 Å². The molecule has 5 aliphatic rings. The molecule has 0 aromatic heterocycles. The molecule has 29 nitrogen and oxygen atoms in total. The number of ether oxygens (including phenoxy) is 7. The van der Waals surface area contributed by atoms with Crippen molar-refractivity contribution < 1.29 is 110 Å². The number of rotatable bonds is 5. The molecule has 5 aliphatic carbocycles. The van der Waals surface area contributed by atoms with Crippen LogP contribution in [0.25, 0.3) is 26.4 Å². The largest absolute Gasteiger partial charge is 1.00 e. The van der Waals surface area contributed by atoms with Gasteiger partial charge in [0.1, 0.15) is 33.6 Å². The predicted molar refractivity (Wildman–Crippen MR) is 320 cm³/mol.